The van der Waals surface area contributed by atoms with E-state index in [1.54, 1.807) is 30.3 Å². The second-order valence-electron chi connectivity index (χ2n) is 6.50. The van der Waals surface area contributed by atoms with E-state index < -0.39 is 21.2 Å². The molecule has 0 unspecified atom stereocenters. The molecule has 2 aromatic rings. The van der Waals surface area contributed by atoms with Crippen molar-refractivity contribution in [2.45, 2.75) is 0 Å². The van der Waals surface area contributed by atoms with Crippen molar-refractivity contribution in [3.05, 3.63) is 75.5 Å². The van der Waals surface area contributed by atoms with E-state index in [1.807, 2.05) is 6.07 Å². The molecule has 10 nitrogen and oxygen atoms in total. The van der Waals surface area contributed by atoms with Crippen molar-refractivity contribution in [3.63, 3.8) is 0 Å². The lowest BCUT2D eigenvalue weighted by atomic mass is 10.1. The lowest BCUT2D eigenvalue weighted by molar-refractivity contribution is -0.384. The molecule has 158 valence electrons. The number of ether oxygens (including phenoxy) is 1. The average molecular weight is 441 g/mol. The number of carbonyl (C=O) groups excluding carboxylic acids is 3. The van der Waals surface area contributed by atoms with Crippen LogP contribution in [0.4, 0.5) is 10.5 Å². The molecule has 0 bridgehead atoms. The van der Waals surface area contributed by atoms with Crippen molar-refractivity contribution in [1.82, 2.24) is 9.96 Å². The fourth-order valence-corrected chi connectivity index (χ4v) is 3.65. The molecule has 2 aliphatic rings. The highest BCUT2D eigenvalue weighted by Crippen LogP contribution is 2.31. The molecule has 2 aromatic carbocycles. The second kappa shape index (κ2) is 8.58. The summed E-state index contributed by atoms with van der Waals surface area (Å²) in [6.07, 6.45) is 1.55. The number of nitro benzene ring substituents is 1. The molecule has 0 saturated carbocycles. The smallest absolute Gasteiger partial charge is 0.318 e. The van der Waals surface area contributed by atoms with Crippen LogP contribution in [0.15, 0.2) is 54.2 Å². The number of hydrogen-bond donors (Lipinski definition) is 0. The number of non-ortho nitro benzene ring substituents is 1. The van der Waals surface area contributed by atoms with Crippen LogP contribution in [-0.2, 0) is 9.63 Å². The highest BCUT2D eigenvalue weighted by Gasteiger charge is 2.36. The topological polar surface area (TPSA) is 119 Å². The summed E-state index contributed by atoms with van der Waals surface area (Å²) in [6.45, 7) is -0.116. The first-order chi connectivity index (χ1) is 14.9. The van der Waals surface area contributed by atoms with Gasteiger partial charge in [-0.25, -0.2) is 0 Å². The van der Waals surface area contributed by atoms with Crippen LogP contribution in [0.3, 0.4) is 0 Å². The van der Waals surface area contributed by atoms with Crippen LogP contribution in [-0.4, -0.2) is 51.0 Å². The summed E-state index contributed by atoms with van der Waals surface area (Å²) in [5.74, 6) is -0.190. The molecule has 1 saturated heterocycles. The van der Waals surface area contributed by atoms with Crippen LogP contribution >= 0.6 is 11.8 Å². The Labute approximate surface area is 180 Å². The third-order valence-corrected chi connectivity index (χ3v) is 5.26. The van der Waals surface area contributed by atoms with Gasteiger partial charge in [0.05, 0.1) is 23.6 Å². The number of carbonyl (C=O) groups is 3. The lowest BCUT2D eigenvalue weighted by Gasteiger charge is -2.28. The van der Waals surface area contributed by atoms with Crippen molar-refractivity contribution in [2.75, 3.05) is 19.9 Å². The Morgan fingerprint density at radius 2 is 1.94 bits per heavy atom. The normalized spacial score (nSPS) is 17.2. The van der Waals surface area contributed by atoms with Crippen molar-refractivity contribution < 1.29 is 28.9 Å². The van der Waals surface area contributed by atoms with E-state index in [4.69, 9.17) is 9.57 Å². The van der Waals surface area contributed by atoms with Gasteiger partial charge in [0.2, 0.25) is 5.12 Å². The number of thioether (sulfide) groups is 1. The van der Waals surface area contributed by atoms with E-state index >= 15 is 0 Å². The number of hydrogen-bond acceptors (Lipinski definition) is 8. The molecule has 0 aliphatic carbocycles. The fraction of sp³-hybridized carbons (Fsp3) is 0.150. The van der Waals surface area contributed by atoms with E-state index in [1.165, 1.54) is 17.0 Å². The summed E-state index contributed by atoms with van der Waals surface area (Å²) in [7, 11) is 0. The minimum atomic E-state index is -0.593. The van der Waals surface area contributed by atoms with Gasteiger partial charge in [-0.3, -0.25) is 29.3 Å². The number of fused-ring (bicyclic) bond motifs is 1. The molecule has 4 rings (SSSR count). The van der Waals surface area contributed by atoms with Crippen LogP contribution in [0.2, 0.25) is 0 Å². The summed E-state index contributed by atoms with van der Waals surface area (Å²) in [5.41, 5.74) is 0.673. The van der Waals surface area contributed by atoms with E-state index in [-0.39, 0.29) is 42.6 Å². The van der Waals surface area contributed by atoms with Gasteiger partial charge in [0.15, 0.2) is 6.73 Å². The predicted octanol–water partition coefficient (Wildman–Crippen LogP) is 3.06. The average Bonchev–Trinajstić information content (AvgIpc) is 3.02. The second-order valence-corrected chi connectivity index (χ2v) is 7.43. The standard InChI is InChI=1S/C20H15N3O7S/c24-18-15-11-14(23(27)28)6-7-17(15)29-12-21(18)8-9-30-22-16(19(25)31-20(22)26)10-13-4-2-1-3-5-13/h1-7,10-11H,8-9,12H2. The highest BCUT2D eigenvalue weighted by atomic mass is 32.2. The summed E-state index contributed by atoms with van der Waals surface area (Å²) >= 11 is 0.523. The van der Waals surface area contributed by atoms with Gasteiger partial charge in [-0.2, -0.15) is 5.06 Å². The molecule has 0 aromatic heterocycles. The van der Waals surface area contributed by atoms with Gasteiger partial charge in [0.25, 0.3) is 11.6 Å². The van der Waals surface area contributed by atoms with Crippen LogP contribution in [0, 0.1) is 10.1 Å². The van der Waals surface area contributed by atoms with E-state index in [0.717, 1.165) is 16.7 Å². The van der Waals surface area contributed by atoms with Gasteiger partial charge >= 0.3 is 5.24 Å². The number of hydroxylamine groups is 2. The molecule has 1 fully saturated rings. The first-order valence-electron chi connectivity index (χ1n) is 9.10. The minimum Gasteiger partial charge on any atom is -0.472 e. The molecular weight excluding hydrogens is 426 g/mol. The van der Waals surface area contributed by atoms with E-state index in [0.29, 0.717) is 11.8 Å². The van der Waals surface area contributed by atoms with Crippen LogP contribution in [0.25, 0.3) is 6.08 Å². The lowest BCUT2D eigenvalue weighted by Crippen LogP contribution is -2.41. The van der Waals surface area contributed by atoms with Gasteiger partial charge in [-0.1, -0.05) is 30.3 Å². The summed E-state index contributed by atoms with van der Waals surface area (Å²) < 4.78 is 5.48. The molecule has 11 heteroatoms. The Morgan fingerprint density at radius 3 is 2.68 bits per heavy atom. The fourth-order valence-electron chi connectivity index (χ4n) is 3.01. The van der Waals surface area contributed by atoms with Gasteiger partial charge in [-0.05, 0) is 17.7 Å². The quantitative estimate of drug-likeness (QED) is 0.381. The molecule has 0 spiro atoms. The number of amides is 2. The van der Waals surface area contributed by atoms with Crippen molar-refractivity contribution >= 4 is 39.8 Å². The number of benzene rings is 2. The Hall–Kier alpha value is -3.70. The largest absolute Gasteiger partial charge is 0.472 e. The van der Waals surface area contributed by atoms with Gasteiger partial charge < -0.3 is 9.64 Å². The zero-order chi connectivity index (χ0) is 22.0. The summed E-state index contributed by atoms with van der Waals surface area (Å²) in [6, 6.07) is 12.8. The van der Waals surface area contributed by atoms with Crippen LogP contribution < -0.4 is 4.74 Å². The Kier molecular flexibility index (Phi) is 5.69. The highest BCUT2D eigenvalue weighted by molar-refractivity contribution is 8.27. The Morgan fingerprint density at radius 1 is 1.16 bits per heavy atom. The zero-order valence-corrected chi connectivity index (χ0v) is 16.7. The molecule has 0 radical (unpaired) electrons. The first kappa shape index (κ1) is 20.6. The van der Waals surface area contributed by atoms with Gasteiger partial charge in [0.1, 0.15) is 11.4 Å². The van der Waals surface area contributed by atoms with E-state index in [2.05, 4.69) is 0 Å². The third-order valence-electron chi connectivity index (χ3n) is 4.53. The number of nitrogens with zero attached hydrogens (tertiary/aromatic N) is 3. The third kappa shape index (κ3) is 4.27. The summed E-state index contributed by atoms with van der Waals surface area (Å²) in [5, 5.41) is 10.9. The molecule has 2 heterocycles. The van der Waals surface area contributed by atoms with Crippen molar-refractivity contribution in [1.29, 1.82) is 0 Å². The van der Waals surface area contributed by atoms with Crippen LogP contribution in [0.5, 0.6) is 5.75 Å². The van der Waals surface area contributed by atoms with Gasteiger partial charge in [0, 0.05) is 23.9 Å². The Bertz CT molecular complexity index is 1100. The van der Waals surface area contributed by atoms with Crippen molar-refractivity contribution in [3.8, 4) is 5.75 Å². The van der Waals surface area contributed by atoms with E-state index in [9.17, 15) is 24.5 Å². The predicted molar refractivity (Wildman–Crippen MR) is 110 cm³/mol. The molecule has 31 heavy (non-hydrogen) atoms. The maximum atomic E-state index is 12.7. The summed E-state index contributed by atoms with van der Waals surface area (Å²) in [4.78, 5) is 54.1. The van der Waals surface area contributed by atoms with Crippen LogP contribution in [0.1, 0.15) is 15.9 Å². The Balaban J connectivity index is 1.43. The molecule has 2 amide bonds. The van der Waals surface area contributed by atoms with Crippen molar-refractivity contribution in [2.24, 2.45) is 0 Å². The number of nitro groups is 1. The molecule has 2 aliphatic heterocycles. The first-order valence-corrected chi connectivity index (χ1v) is 9.92. The maximum absolute atomic E-state index is 12.7. The SMILES string of the molecule is O=C1SC(=O)N(OCCN2COc3ccc([N+](=O)[O-])cc3C2=O)C1=Cc1ccccc1. The number of rotatable bonds is 6. The molecule has 0 atom stereocenters. The van der Waals surface area contributed by atoms with Gasteiger partial charge in [-0.15, -0.1) is 0 Å². The zero-order valence-electron chi connectivity index (χ0n) is 15.9. The monoisotopic (exact) mass is 441 g/mol. The molecular formula is C20H15N3O7S. The molecule has 0 N–H and O–H groups in total. The maximum Gasteiger partial charge on any atom is 0.318 e. The minimum absolute atomic E-state index is 0.0439.